The Balaban J connectivity index is 2.48. The third kappa shape index (κ3) is 2.31. The van der Waals surface area contributed by atoms with Gasteiger partial charge in [0.2, 0.25) is 0 Å². The van der Waals surface area contributed by atoms with Crippen LogP contribution in [0.5, 0.6) is 0 Å². The van der Waals surface area contributed by atoms with Crippen molar-refractivity contribution in [2.24, 2.45) is 0 Å². The molecule has 0 N–H and O–H groups in total. The van der Waals surface area contributed by atoms with Crippen molar-refractivity contribution >= 4 is 5.91 Å². The Morgan fingerprint density at radius 2 is 2.16 bits per heavy atom. The minimum atomic E-state index is -0.190. The first-order valence-corrected chi connectivity index (χ1v) is 5.68. The van der Waals surface area contributed by atoms with Crippen LogP contribution in [0, 0.1) is 18.3 Å². The molecule has 0 aliphatic rings. The van der Waals surface area contributed by atoms with E-state index in [1.165, 1.54) is 9.58 Å². The summed E-state index contributed by atoms with van der Waals surface area (Å²) in [4.78, 5) is 17.4. The normalized spacial score (nSPS) is 10.0. The van der Waals surface area contributed by atoms with Crippen LogP contribution in [0.1, 0.15) is 21.6 Å². The lowest BCUT2D eigenvalue weighted by molar-refractivity contribution is 0.0821. The van der Waals surface area contributed by atoms with E-state index >= 15 is 0 Å². The SMILES string of the molecule is Cc1ccnc(-n2ccc(C(=O)N(C)C)n2)c1C#N. The van der Waals surface area contributed by atoms with Gasteiger partial charge in [-0.25, -0.2) is 9.67 Å². The molecule has 2 rings (SSSR count). The van der Waals surface area contributed by atoms with E-state index in [0.29, 0.717) is 17.1 Å². The van der Waals surface area contributed by atoms with Gasteiger partial charge in [0.1, 0.15) is 6.07 Å². The summed E-state index contributed by atoms with van der Waals surface area (Å²) in [5.74, 6) is 0.241. The van der Waals surface area contributed by atoms with Gasteiger partial charge in [0, 0.05) is 26.5 Å². The summed E-state index contributed by atoms with van der Waals surface area (Å²) in [6, 6.07) is 5.47. The molecule has 6 heteroatoms. The zero-order valence-corrected chi connectivity index (χ0v) is 11.0. The third-order valence-corrected chi connectivity index (χ3v) is 2.68. The average Bonchev–Trinajstić information content (AvgIpc) is 2.86. The monoisotopic (exact) mass is 255 g/mol. The smallest absolute Gasteiger partial charge is 0.273 e. The van der Waals surface area contributed by atoms with Crippen molar-refractivity contribution in [3.63, 3.8) is 0 Å². The number of amides is 1. The first kappa shape index (κ1) is 12.8. The molecule has 0 saturated carbocycles. The van der Waals surface area contributed by atoms with Crippen LogP contribution in [0.2, 0.25) is 0 Å². The van der Waals surface area contributed by atoms with Gasteiger partial charge >= 0.3 is 0 Å². The predicted octanol–water partition coefficient (Wildman–Crippen LogP) is 1.15. The minimum Gasteiger partial charge on any atom is -0.343 e. The van der Waals surface area contributed by atoms with Crippen LogP contribution < -0.4 is 0 Å². The van der Waals surface area contributed by atoms with Gasteiger partial charge in [-0.05, 0) is 24.6 Å². The largest absolute Gasteiger partial charge is 0.343 e. The first-order chi connectivity index (χ1) is 9.04. The van der Waals surface area contributed by atoms with Crippen molar-refractivity contribution in [1.82, 2.24) is 19.7 Å². The highest BCUT2D eigenvalue weighted by Crippen LogP contribution is 2.14. The van der Waals surface area contributed by atoms with E-state index in [4.69, 9.17) is 5.26 Å². The molecule has 96 valence electrons. The van der Waals surface area contributed by atoms with Crippen LogP contribution in [0.3, 0.4) is 0 Å². The Hall–Kier alpha value is -2.68. The number of nitriles is 1. The molecular formula is C13H13N5O. The second-order valence-electron chi connectivity index (χ2n) is 4.28. The average molecular weight is 255 g/mol. The Morgan fingerprint density at radius 1 is 1.42 bits per heavy atom. The zero-order chi connectivity index (χ0) is 14.0. The number of carbonyl (C=O) groups is 1. The molecule has 2 aromatic rings. The fourth-order valence-electron chi connectivity index (χ4n) is 1.64. The van der Waals surface area contributed by atoms with Gasteiger partial charge in [0.05, 0.1) is 5.56 Å². The van der Waals surface area contributed by atoms with Gasteiger partial charge in [-0.3, -0.25) is 4.79 Å². The number of carbonyl (C=O) groups excluding carboxylic acids is 1. The second-order valence-corrected chi connectivity index (χ2v) is 4.28. The van der Waals surface area contributed by atoms with Crippen molar-refractivity contribution in [2.75, 3.05) is 14.1 Å². The molecule has 0 unspecified atom stereocenters. The van der Waals surface area contributed by atoms with Crippen LogP contribution in [0.4, 0.5) is 0 Å². The number of pyridine rings is 1. The van der Waals surface area contributed by atoms with Crippen molar-refractivity contribution in [3.05, 3.63) is 41.3 Å². The maximum atomic E-state index is 11.8. The highest BCUT2D eigenvalue weighted by Gasteiger charge is 2.14. The van der Waals surface area contributed by atoms with Gasteiger partial charge in [0.15, 0.2) is 11.5 Å². The number of hydrogen-bond donors (Lipinski definition) is 0. The molecule has 1 amide bonds. The molecule has 2 heterocycles. The van der Waals surface area contributed by atoms with Crippen LogP contribution in [-0.4, -0.2) is 39.7 Å². The maximum Gasteiger partial charge on any atom is 0.273 e. The fraction of sp³-hybridized carbons (Fsp3) is 0.231. The summed E-state index contributed by atoms with van der Waals surface area (Å²) in [5.41, 5.74) is 1.59. The zero-order valence-electron chi connectivity index (χ0n) is 11.0. The molecule has 0 aromatic carbocycles. The summed E-state index contributed by atoms with van der Waals surface area (Å²) in [6.45, 7) is 1.83. The molecule has 0 aliphatic heterocycles. The molecule has 19 heavy (non-hydrogen) atoms. The summed E-state index contributed by atoms with van der Waals surface area (Å²) < 4.78 is 1.45. The summed E-state index contributed by atoms with van der Waals surface area (Å²) in [5, 5.41) is 13.3. The van der Waals surface area contributed by atoms with E-state index in [1.807, 2.05) is 6.92 Å². The van der Waals surface area contributed by atoms with Crippen molar-refractivity contribution in [1.29, 1.82) is 5.26 Å². The Kier molecular flexibility index (Phi) is 3.29. The van der Waals surface area contributed by atoms with Crippen LogP contribution in [0.15, 0.2) is 24.5 Å². The van der Waals surface area contributed by atoms with E-state index in [0.717, 1.165) is 5.56 Å². The van der Waals surface area contributed by atoms with E-state index in [2.05, 4.69) is 16.2 Å². The molecule has 0 saturated heterocycles. The number of hydrogen-bond acceptors (Lipinski definition) is 4. The van der Waals surface area contributed by atoms with Crippen LogP contribution in [0.25, 0.3) is 5.82 Å². The fourth-order valence-corrected chi connectivity index (χ4v) is 1.64. The Morgan fingerprint density at radius 3 is 2.79 bits per heavy atom. The first-order valence-electron chi connectivity index (χ1n) is 5.68. The van der Waals surface area contributed by atoms with Crippen molar-refractivity contribution in [3.8, 4) is 11.9 Å². The van der Waals surface area contributed by atoms with Gasteiger partial charge < -0.3 is 4.90 Å². The molecule has 2 aromatic heterocycles. The Bertz CT molecular complexity index is 666. The molecule has 0 radical (unpaired) electrons. The van der Waals surface area contributed by atoms with Gasteiger partial charge in [-0.1, -0.05) is 0 Å². The lowest BCUT2D eigenvalue weighted by Crippen LogP contribution is -2.22. The quantitative estimate of drug-likeness (QED) is 0.806. The molecule has 0 aliphatic carbocycles. The Labute approximate surface area is 110 Å². The summed E-state index contributed by atoms with van der Waals surface area (Å²) in [6.07, 6.45) is 3.24. The van der Waals surface area contributed by atoms with Crippen molar-refractivity contribution in [2.45, 2.75) is 6.92 Å². The van der Waals surface area contributed by atoms with Gasteiger partial charge in [-0.15, -0.1) is 0 Å². The lowest BCUT2D eigenvalue weighted by Gasteiger charge is -2.07. The summed E-state index contributed by atoms with van der Waals surface area (Å²) >= 11 is 0. The third-order valence-electron chi connectivity index (χ3n) is 2.68. The van der Waals surface area contributed by atoms with Gasteiger partial charge in [0.25, 0.3) is 5.91 Å². The van der Waals surface area contributed by atoms with E-state index in [9.17, 15) is 4.79 Å². The van der Waals surface area contributed by atoms with E-state index in [1.54, 1.807) is 38.6 Å². The topological polar surface area (TPSA) is 74.8 Å². The molecule has 0 bridgehead atoms. The minimum absolute atomic E-state index is 0.190. The maximum absolute atomic E-state index is 11.8. The lowest BCUT2D eigenvalue weighted by atomic mass is 10.1. The van der Waals surface area contributed by atoms with Crippen LogP contribution >= 0.6 is 0 Å². The standard InChI is InChI=1S/C13H13N5O/c1-9-4-6-15-12(10(9)8-14)18-7-5-11(16-18)13(19)17(2)3/h4-7H,1-3H3. The number of rotatable bonds is 2. The molecule has 6 nitrogen and oxygen atoms in total. The van der Waals surface area contributed by atoms with Crippen molar-refractivity contribution < 1.29 is 4.79 Å². The van der Waals surface area contributed by atoms with Crippen LogP contribution in [-0.2, 0) is 0 Å². The highest BCUT2D eigenvalue weighted by atomic mass is 16.2. The molecular weight excluding hydrogens is 242 g/mol. The molecule has 0 atom stereocenters. The van der Waals surface area contributed by atoms with E-state index < -0.39 is 0 Å². The number of nitrogens with zero attached hydrogens (tertiary/aromatic N) is 5. The molecule has 0 fully saturated rings. The summed E-state index contributed by atoms with van der Waals surface area (Å²) in [7, 11) is 3.32. The molecule has 0 spiro atoms. The van der Waals surface area contributed by atoms with E-state index in [-0.39, 0.29) is 5.91 Å². The number of aromatic nitrogens is 3. The highest BCUT2D eigenvalue weighted by molar-refractivity contribution is 5.91. The predicted molar refractivity (Wildman–Crippen MR) is 68.8 cm³/mol. The number of aryl methyl sites for hydroxylation is 1. The second kappa shape index (κ2) is 4.90. The van der Waals surface area contributed by atoms with Gasteiger partial charge in [-0.2, -0.15) is 10.4 Å².